The number of rotatable bonds is 2. The topological polar surface area (TPSA) is 38.7 Å². The van der Waals surface area contributed by atoms with Gasteiger partial charge in [-0.25, -0.2) is 0 Å². The summed E-state index contributed by atoms with van der Waals surface area (Å²) >= 11 is 0. The quantitative estimate of drug-likeness (QED) is 0.791. The number of ether oxygens (including phenoxy) is 1. The molecule has 0 amide bonds. The molecule has 0 aliphatic carbocycles. The molecule has 1 aliphatic rings. The van der Waals surface area contributed by atoms with Crippen molar-refractivity contribution in [2.45, 2.75) is 6.29 Å². The van der Waals surface area contributed by atoms with Crippen molar-refractivity contribution in [3.63, 3.8) is 0 Å². The smallest absolute Gasteiger partial charge is 0.334 e. The Kier molecular flexibility index (Phi) is 2.59. The first-order valence-electron chi connectivity index (χ1n) is 5.36. The van der Waals surface area contributed by atoms with E-state index in [-0.39, 0.29) is 0 Å². The molecule has 4 heteroatoms. The molecule has 1 aliphatic heterocycles. The third-order valence-corrected chi connectivity index (χ3v) is 2.63. The van der Waals surface area contributed by atoms with Gasteiger partial charge in [0, 0.05) is 5.56 Å². The van der Waals surface area contributed by atoms with Crippen LogP contribution >= 0.6 is 0 Å². The zero-order chi connectivity index (χ0) is 11.7. The summed E-state index contributed by atoms with van der Waals surface area (Å²) in [5, 5.41) is 9.47. The Morgan fingerprint density at radius 3 is 2.71 bits per heavy atom. The molecule has 83 valence electrons. The number of aliphatic hydroxyl groups excluding tert-OH is 1. The lowest BCUT2D eigenvalue weighted by Gasteiger charge is -2.07. The maximum atomic E-state index is 9.47. The van der Waals surface area contributed by atoms with E-state index in [1.165, 1.54) is 7.48 Å². The average molecular weight is 225 g/mol. The molecule has 2 aromatic carbocycles. The fourth-order valence-corrected chi connectivity index (χ4v) is 1.78. The van der Waals surface area contributed by atoms with Gasteiger partial charge in [-0.3, -0.25) is 0 Å². The summed E-state index contributed by atoms with van der Waals surface area (Å²) in [6.45, 7) is 0. The Labute approximate surface area is 99.9 Å². The third-order valence-electron chi connectivity index (χ3n) is 2.63. The van der Waals surface area contributed by atoms with Gasteiger partial charge < -0.3 is 14.5 Å². The highest BCUT2D eigenvalue weighted by Gasteiger charge is 2.22. The summed E-state index contributed by atoms with van der Waals surface area (Å²) in [7, 11) is 1.54. The fraction of sp³-hybridized carbons (Fsp3) is 0.0769. The summed E-state index contributed by atoms with van der Waals surface area (Å²) < 4.78 is 10.7. The zero-order valence-corrected chi connectivity index (χ0v) is 9.04. The second-order valence-electron chi connectivity index (χ2n) is 3.81. The van der Waals surface area contributed by atoms with Crippen LogP contribution in [-0.2, 0) is 4.65 Å². The van der Waals surface area contributed by atoms with Gasteiger partial charge >= 0.3 is 7.48 Å². The maximum absolute atomic E-state index is 9.47. The average Bonchev–Trinajstić information content (AvgIpc) is 2.72. The van der Waals surface area contributed by atoms with E-state index in [0.29, 0.717) is 0 Å². The fourth-order valence-electron chi connectivity index (χ4n) is 1.78. The Hall–Kier alpha value is -1.78. The molecule has 0 saturated carbocycles. The molecule has 1 radical (unpaired) electrons. The maximum Gasteiger partial charge on any atom is 0.334 e. The number of benzene rings is 2. The third kappa shape index (κ3) is 2.05. The minimum absolute atomic E-state index is 0.726. The molecule has 1 N–H and O–H groups in total. The molecule has 0 saturated heterocycles. The van der Waals surface area contributed by atoms with E-state index in [1.54, 1.807) is 0 Å². The molecular weight excluding hydrogens is 215 g/mol. The van der Waals surface area contributed by atoms with Gasteiger partial charge in [0.2, 0.25) is 0 Å². The van der Waals surface area contributed by atoms with Crippen molar-refractivity contribution in [1.29, 1.82) is 0 Å². The Balaban J connectivity index is 1.86. The van der Waals surface area contributed by atoms with Gasteiger partial charge in [-0.05, 0) is 29.7 Å². The second-order valence-corrected chi connectivity index (χ2v) is 3.81. The van der Waals surface area contributed by atoms with Gasteiger partial charge in [-0.1, -0.05) is 24.3 Å². The highest BCUT2D eigenvalue weighted by molar-refractivity contribution is 6.49. The molecule has 0 aromatic heterocycles. The summed E-state index contributed by atoms with van der Waals surface area (Å²) in [5.41, 5.74) is 1.62. The SMILES string of the molecule is OC1O[B]c2cc(Oc3ccccc3)ccc21. The molecule has 3 nitrogen and oxygen atoms in total. The van der Waals surface area contributed by atoms with E-state index >= 15 is 0 Å². The van der Waals surface area contributed by atoms with Crippen LogP contribution in [0.15, 0.2) is 48.5 Å². The molecule has 1 heterocycles. The van der Waals surface area contributed by atoms with Crippen LogP contribution in [0.3, 0.4) is 0 Å². The van der Waals surface area contributed by atoms with Gasteiger partial charge in [0.1, 0.15) is 11.5 Å². The lowest BCUT2D eigenvalue weighted by molar-refractivity contribution is -0.00794. The number of hydrogen-bond acceptors (Lipinski definition) is 3. The van der Waals surface area contributed by atoms with Crippen molar-refractivity contribution >= 4 is 12.9 Å². The van der Waals surface area contributed by atoms with E-state index in [0.717, 1.165) is 22.5 Å². The lowest BCUT2D eigenvalue weighted by atomic mass is 9.87. The van der Waals surface area contributed by atoms with E-state index < -0.39 is 6.29 Å². The van der Waals surface area contributed by atoms with Gasteiger partial charge in [0.15, 0.2) is 6.29 Å². The van der Waals surface area contributed by atoms with E-state index in [1.807, 2.05) is 48.5 Å². The first kappa shape index (κ1) is 10.4. The number of hydrogen-bond donors (Lipinski definition) is 1. The molecule has 1 unspecified atom stereocenters. The van der Waals surface area contributed by atoms with Gasteiger partial charge in [0.25, 0.3) is 0 Å². The van der Waals surface area contributed by atoms with E-state index in [4.69, 9.17) is 9.39 Å². The summed E-state index contributed by atoms with van der Waals surface area (Å²) in [5.74, 6) is 1.51. The highest BCUT2D eigenvalue weighted by atomic mass is 16.6. The van der Waals surface area contributed by atoms with Crippen molar-refractivity contribution in [2.75, 3.05) is 0 Å². The minimum atomic E-state index is -0.851. The van der Waals surface area contributed by atoms with Crippen molar-refractivity contribution in [3.8, 4) is 11.5 Å². The van der Waals surface area contributed by atoms with Crippen molar-refractivity contribution in [2.24, 2.45) is 0 Å². The summed E-state index contributed by atoms with van der Waals surface area (Å²) in [6.07, 6.45) is -0.851. The van der Waals surface area contributed by atoms with Crippen LogP contribution in [0.25, 0.3) is 0 Å². The molecular formula is C13H10BO3. The Morgan fingerprint density at radius 2 is 1.88 bits per heavy atom. The molecule has 3 rings (SSSR count). The summed E-state index contributed by atoms with van der Waals surface area (Å²) in [4.78, 5) is 0. The predicted octanol–water partition coefficient (Wildman–Crippen LogP) is 1.74. The second kappa shape index (κ2) is 4.24. The molecule has 0 bridgehead atoms. The lowest BCUT2D eigenvalue weighted by Crippen LogP contribution is -2.11. The van der Waals surface area contributed by atoms with Crippen LogP contribution in [0.2, 0.25) is 0 Å². The Morgan fingerprint density at radius 1 is 1.06 bits per heavy atom. The highest BCUT2D eigenvalue weighted by Crippen LogP contribution is 2.24. The van der Waals surface area contributed by atoms with Gasteiger partial charge in [0.05, 0.1) is 0 Å². The van der Waals surface area contributed by atoms with Crippen molar-refractivity contribution < 1.29 is 14.5 Å². The van der Waals surface area contributed by atoms with Crippen LogP contribution in [-0.4, -0.2) is 12.6 Å². The van der Waals surface area contributed by atoms with Crippen LogP contribution in [0.1, 0.15) is 11.9 Å². The zero-order valence-electron chi connectivity index (χ0n) is 9.04. The van der Waals surface area contributed by atoms with Gasteiger partial charge in [-0.15, -0.1) is 0 Å². The van der Waals surface area contributed by atoms with Crippen LogP contribution in [0.4, 0.5) is 0 Å². The summed E-state index contributed by atoms with van der Waals surface area (Å²) in [6, 6.07) is 15.0. The van der Waals surface area contributed by atoms with E-state index in [2.05, 4.69) is 0 Å². The Bertz CT molecular complexity index is 527. The normalized spacial score (nSPS) is 17.4. The van der Waals surface area contributed by atoms with Gasteiger partial charge in [-0.2, -0.15) is 0 Å². The number of para-hydroxylation sites is 1. The molecule has 0 spiro atoms. The molecule has 2 aromatic rings. The van der Waals surface area contributed by atoms with Crippen LogP contribution < -0.4 is 10.2 Å². The van der Waals surface area contributed by atoms with Crippen LogP contribution in [0, 0.1) is 0 Å². The monoisotopic (exact) mass is 225 g/mol. The van der Waals surface area contributed by atoms with Crippen molar-refractivity contribution in [3.05, 3.63) is 54.1 Å². The first-order valence-corrected chi connectivity index (χ1v) is 5.36. The standard InChI is InChI=1S/C13H10BO3/c15-13-11-7-6-10(8-12(11)14-17-13)16-9-4-2-1-3-5-9/h1-8,13,15H. The van der Waals surface area contributed by atoms with Crippen molar-refractivity contribution in [1.82, 2.24) is 0 Å². The first-order chi connectivity index (χ1) is 8.33. The van der Waals surface area contributed by atoms with E-state index in [9.17, 15) is 5.11 Å². The van der Waals surface area contributed by atoms with Crippen LogP contribution in [0.5, 0.6) is 11.5 Å². The minimum Gasteiger partial charge on any atom is -0.457 e. The molecule has 17 heavy (non-hydrogen) atoms. The number of aliphatic hydroxyl groups is 1. The molecule has 0 fully saturated rings. The molecule has 1 atom stereocenters. The number of fused-ring (bicyclic) bond motifs is 1. The predicted molar refractivity (Wildman–Crippen MR) is 64.4 cm³/mol. The largest absolute Gasteiger partial charge is 0.457 e.